The van der Waals surface area contributed by atoms with Gasteiger partial charge in [-0.25, -0.2) is 0 Å². The van der Waals surface area contributed by atoms with E-state index < -0.39 is 0 Å². The Balaban J connectivity index is 1.68. The van der Waals surface area contributed by atoms with Crippen molar-refractivity contribution in [2.45, 2.75) is 28.0 Å². The highest BCUT2D eigenvalue weighted by Gasteiger charge is 2.53. The fourth-order valence-electron chi connectivity index (χ4n) is 3.46. The Morgan fingerprint density at radius 3 is 2.41 bits per heavy atom. The molecule has 2 aliphatic rings. The van der Waals surface area contributed by atoms with Crippen LogP contribution in [0.15, 0.2) is 58.3 Å². The fraction of sp³-hybridized carbons (Fsp3) is 0.263. The Morgan fingerprint density at radius 1 is 0.955 bits per heavy atom. The molecule has 2 nitrogen and oxygen atoms in total. The first-order valence-electron chi connectivity index (χ1n) is 7.50. The van der Waals surface area contributed by atoms with E-state index in [9.17, 15) is 0 Å². The Kier molecular flexibility index (Phi) is 3.19. The summed E-state index contributed by atoms with van der Waals surface area (Å²) in [4.78, 5) is 2.57. The van der Waals surface area contributed by atoms with Gasteiger partial charge in [-0.3, -0.25) is 0 Å². The van der Waals surface area contributed by atoms with Crippen molar-refractivity contribution < 1.29 is 9.47 Å². The van der Waals surface area contributed by atoms with E-state index in [1.807, 2.05) is 23.9 Å². The van der Waals surface area contributed by atoms with Gasteiger partial charge < -0.3 is 9.47 Å². The SMILES string of the molecule is COc1ccc(Sc2ccc(OC)c3c2C32C=CCC2)cc1. The van der Waals surface area contributed by atoms with E-state index in [1.165, 1.54) is 27.3 Å². The third kappa shape index (κ3) is 1.96. The minimum atomic E-state index is 0.156. The van der Waals surface area contributed by atoms with Gasteiger partial charge in [-0.2, -0.15) is 0 Å². The molecule has 0 saturated carbocycles. The number of rotatable bonds is 4. The summed E-state index contributed by atoms with van der Waals surface area (Å²) in [5.74, 6) is 1.92. The lowest BCUT2D eigenvalue weighted by Crippen LogP contribution is -1.98. The molecule has 2 aromatic carbocycles. The lowest BCUT2D eigenvalue weighted by Gasteiger charge is -2.06. The molecule has 0 fully saturated rings. The second-order valence-corrected chi connectivity index (χ2v) is 6.82. The van der Waals surface area contributed by atoms with Crippen molar-refractivity contribution in [1.29, 1.82) is 0 Å². The van der Waals surface area contributed by atoms with E-state index in [0.717, 1.165) is 17.9 Å². The van der Waals surface area contributed by atoms with E-state index in [4.69, 9.17) is 9.47 Å². The minimum absolute atomic E-state index is 0.156. The predicted molar refractivity (Wildman–Crippen MR) is 89.3 cm³/mol. The predicted octanol–water partition coefficient (Wildman–Crippen LogP) is 4.80. The largest absolute Gasteiger partial charge is 0.497 e. The number of benzene rings is 2. The van der Waals surface area contributed by atoms with E-state index >= 15 is 0 Å². The summed E-state index contributed by atoms with van der Waals surface area (Å²) in [7, 11) is 3.46. The van der Waals surface area contributed by atoms with Crippen molar-refractivity contribution >= 4 is 11.8 Å². The smallest absolute Gasteiger partial charge is 0.123 e. The maximum absolute atomic E-state index is 5.56. The molecule has 1 atom stereocenters. The fourth-order valence-corrected chi connectivity index (χ4v) is 4.51. The van der Waals surface area contributed by atoms with Crippen LogP contribution in [0.4, 0.5) is 0 Å². The van der Waals surface area contributed by atoms with E-state index in [1.54, 1.807) is 14.2 Å². The molecule has 0 radical (unpaired) electrons. The lowest BCUT2D eigenvalue weighted by molar-refractivity contribution is 0.411. The molecule has 0 aromatic heterocycles. The summed E-state index contributed by atoms with van der Waals surface area (Å²) < 4.78 is 10.8. The lowest BCUT2D eigenvalue weighted by atomic mass is 10.0. The molecule has 4 rings (SSSR count). The number of hydrogen-bond acceptors (Lipinski definition) is 3. The highest BCUT2D eigenvalue weighted by molar-refractivity contribution is 7.99. The molecule has 1 spiro atoms. The second-order valence-electron chi connectivity index (χ2n) is 5.71. The van der Waals surface area contributed by atoms with Crippen molar-refractivity contribution in [2.75, 3.05) is 14.2 Å². The molecule has 2 aliphatic carbocycles. The summed E-state index contributed by atoms with van der Waals surface area (Å²) in [5, 5.41) is 0. The van der Waals surface area contributed by atoms with Gasteiger partial charge in [0, 0.05) is 20.8 Å². The van der Waals surface area contributed by atoms with Gasteiger partial charge in [0.1, 0.15) is 11.5 Å². The number of ether oxygens (including phenoxy) is 2. The average Bonchev–Trinajstić information content (AvgIpc) is 2.95. The molecule has 0 amide bonds. The molecule has 3 heteroatoms. The molecule has 1 unspecified atom stereocenters. The average molecular weight is 310 g/mol. The maximum atomic E-state index is 5.56. The summed E-state index contributed by atoms with van der Waals surface area (Å²) >= 11 is 1.82. The van der Waals surface area contributed by atoms with Gasteiger partial charge in [-0.15, -0.1) is 0 Å². The van der Waals surface area contributed by atoms with Crippen LogP contribution in [0.3, 0.4) is 0 Å². The summed E-state index contributed by atoms with van der Waals surface area (Å²) in [6, 6.07) is 12.5. The van der Waals surface area contributed by atoms with Crippen LogP contribution in [-0.2, 0) is 5.41 Å². The van der Waals surface area contributed by atoms with Crippen LogP contribution < -0.4 is 9.47 Å². The normalized spacial score (nSPS) is 21.0. The molecule has 0 N–H and O–H groups in total. The molecule has 0 saturated heterocycles. The van der Waals surface area contributed by atoms with Crippen molar-refractivity contribution in [2.24, 2.45) is 0 Å². The molecule has 0 heterocycles. The Morgan fingerprint density at radius 2 is 1.77 bits per heavy atom. The van der Waals surface area contributed by atoms with Gasteiger partial charge in [0.15, 0.2) is 0 Å². The van der Waals surface area contributed by atoms with Gasteiger partial charge in [-0.05, 0) is 54.8 Å². The second kappa shape index (κ2) is 5.10. The van der Waals surface area contributed by atoms with Gasteiger partial charge in [-0.1, -0.05) is 23.9 Å². The molecular weight excluding hydrogens is 292 g/mol. The van der Waals surface area contributed by atoms with Crippen LogP contribution in [0.5, 0.6) is 11.5 Å². The zero-order valence-corrected chi connectivity index (χ0v) is 13.6. The number of hydrogen-bond donors (Lipinski definition) is 0. The Hall–Kier alpha value is -1.87. The molecule has 112 valence electrons. The molecule has 0 bridgehead atoms. The molecule has 0 aliphatic heterocycles. The van der Waals surface area contributed by atoms with Gasteiger partial charge >= 0.3 is 0 Å². The zero-order valence-electron chi connectivity index (χ0n) is 12.8. The van der Waals surface area contributed by atoms with Crippen LogP contribution >= 0.6 is 11.8 Å². The van der Waals surface area contributed by atoms with Crippen LogP contribution in [0.2, 0.25) is 0 Å². The monoisotopic (exact) mass is 310 g/mol. The van der Waals surface area contributed by atoms with Gasteiger partial charge in [0.05, 0.1) is 14.2 Å². The highest BCUT2D eigenvalue weighted by atomic mass is 32.2. The number of methoxy groups -OCH3 is 2. The summed E-state index contributed by atoms with van der Waals surface area (Å²) in [6.45, 7) is 0. The molecule has 2 aromatic rings. The standard InChI is InChI=1S/C19H18O2S/c1-20-13-5-7-14(8-6-13)22-16-10-9-15(21-2)17-18(16)19(17)11-3-4-12-19/h3,5-11H,4,12H2,1-2H3. The quantitative estimate of drug-likeness (QED) is 0.755. The van der Waals surface area contributed by atoms with Crippen LogP contribution in [0, 0.1) is 0 Å². The summed E-state index contributed by atoms with van der Waals surface area (Å²) in [6.07, 6.45) is 6.99. The Labute approximate surface area is 135 Å². The van der Waals surface area contributed by atoms with Gasteiger partial charge in [0.2, 0.25) is 0 Å². The Bertz CT molecular complexity index is 749. The third-order valence-corrected chi connectivity index (χ3v) is 5.64. The first-order valence-corrected chi connectivity index (χ1v) is 8.32. The third-order valence-electron chi connectivity index (χ3n) is 4.57. The van der Waals surface area contributed by atoms with E-state index in [0.29, 0.717) is 0 Å². The first-order chi connectivity index (χ1) is 10.8. The van der Waals surface area contributed by atoms with Crippen LogP contribution in [0.25, 0.3) is 0 Å². The van der Waals surface area contributed by atoms with E-state index in [-0.39, 0.29) is 5.41 Å². The van der Waals surface area contributed by atoms with Crippen LogP contribution in [0.1, 0.15) is 24.0 Å². The maximum Gasteiger partial charge on any atom is 0.123 e. The number of fused-ring (bicyclic) bond motifs is 3. The zero-order chi connectivity index (χ0) is 15.2. The van der Waals surface area contributed by atoms with E-state index in [2.05, 4.69) is 36.4 Å². The number of allylic oxidation sites excluding steroid dienone is 2. The van der Waals surface area contributed by atoms with Crippen LogP contribution in [-0.4, -0.2) is 14.2 Å². The van der Waals surface area contributed by atoms with Crippen molar-refractivity contribution in [1.82, 2.24) is 0 Å². The molecule has 22 heavy (non-hydrogen) atoms. The topological polar surface area (TPSA) is 18.5 Å². The van der Waals surface area contributed by atoms with Gasteiger partial charge in [0.25, 0.3) is 0 Å². The van der Waals surface area contributed by atoms with Crippen molar-refractivity contribution in [3.05, 3.63) is 59.7 Å². The minimum Gasteiger partial charge on any atom is -0.497 e. The molecular formula is C19H18O2S. The summed E-state index contributed by atoms with van der Waals surface area (Å²) in [5.41, 5.74) is 3.01. The van der Waals surface area contributed by atoms with Crippen molar-refractivity contribution in [3.8, 4) is 11.5 Å². The van der Waals surface area contributed by atoms with Crippen molar-refractivity contribution in [3.63, 3.8) is 0 Å². The first kappa shape index (κ1) is 13.8. The highest BCUT2D eigenvalue weighted by Crippen LogP contribution is 2.64.